The first-order chi connectivity index (χ1) is 10.2. The fourth-order valence-electron chi connectivity index (χ4n) is 2.36. The van der Waals surface area contributed by atoms with Crippen molar-refractivity contribution in [3.63, 3.8) is 0 Å². The fraction of sp³-hybridized carbons (Fsp3) is 0.389. The van der Waals surface area contributed by atoms with E-state index in [1.165, 1.54) is 47.4 Å². The van der Waals surface area contributed by atoms with Gasteiger partial charge in [-0.05, 0) is 42.4 Å². The maximum atomic E-state index is 5.48. The number of nitrogens with zero attached hydrogens (tertiary/aromatic N) is 1. The van der Waals surface area contributed by atoms with E-state index in [-0.39, 0.29) is 0 Å². The van der Waals surface area contributed by atoms with Crippen LogP contribution in [0.1, 0.15) is 47.9 Å². The molecule has 1 aromatic heterocycles. The predicted octanol–water partition coefficient (Wildman–Crippen LogP) is 4.78. The van der Waals surface area contributed by atoms with Gasteiger partial charge >= 0.3 is 0 Å². The maximum absolute atomic E-state index is 5.48. The Balaban J connectivity index is 0.000000154. The topological polar surface area (TPSA) is 38.9 Å². The second kappa shape index (κ2) is 7.99. The molecule has 2 nitrogen and oxygen atoms in total. The van der Waals surface area contributed by atoms with Gasteiger partial charge in [0.1, 0.15) is 5.82 Å². The Morgan fingerprint density at radius 1 is 1.38 bits per heavy atom. The lowest BCUT2D eigenvalue weighted by Crippen LogP contribution is -2.04. The number of unbranched alkanes of at least 4 members (excludes halogenated alkanes) is 2. The molecule has 0 atom stereocenters. The molecule has 2 aliphatic rings. The lowest BCUT2D eigenvalue weighted by Gasteiger charge is -2.18. The first kappa shape index (κ1) is 15.8. The van der Waals surface area contributed by atoms with E-state index < -0.39 is 0 Å². The molecule has 2 aliphatic carbocycles. The van der Waals surface area contributed by atoms with E-state index in [9.17, 15) is 0 Å². The molecule has 2 N–H and O–H groups in total. The van der Waals surface area contributed by atoms with E-state index in [1.54, 1.807) is 11.3 Å². The number of hydrogen-bond acceptors (Lipinski definition) is 3. The van der Waals surface area contributed by atoms with Crippen molar-refractivity contribution in [2.24, 2.45) is 0 Å². The lowest BCUT2D eigenvalue weighted by molar-refractivity contribution is 0.715. The Bertz CT molecular complexity index is 583. The van der Waals surface area contributed by atoms with Crippen LogP contribution in [0.4, 0.5) is 5.82 Å². The molecule has 0 spiro atoms. The number of anilines is 1. The van der Waals surface area contributed by atoms with Crippen molar-refractivity contribution < 1.29 is 0 Å². The zero-order chi connectivity index (χ0) is 15.1. The average molecular weight is 300 g/mol. The van der Waals surface area contributed by atoms with Crippen LogP contribution in [0.5, 0.6) is 0 Å². The normalized spacial score (nSPS) is 11.3. The number of thiazole rings is 1. The molecule has 21 heavy (non-hydrogen) atoms. The van der Waals surface area contributed by atoms with Crippen molar-refractivity contribution in [2.45, 2.75) is 45.4 Å². The molecule has 2 bridgehead atoms. The van der Waals surface area contributed by atoms with E-state index in [0.29, 0.717) is 5.82 Å². The number of nitrogen functional groups attached to an aromatic ring is 1. The Morgan fingerprint density at radius 3 is 2.71 bits per heavy atom. The van der Waals surface area contributed by atoms with E-state index >= 15 is 0 Å². The molecule has 2 aromatic rings. The summed E-state index contributed by atoms with van der Waals surface area (Å²) in [5, 5.41) is 3.08. The van der Waals surface area contributed by atoms with Crippen LogP contribution >= 0.6 is 11.3 Å². The van der Waals surface area contributed by atoms with Crippen LogP contribution in [0.2, 0.25) is 0 Å². The summed E-state index contributed by atoms with van der Waals surface area (Å²) in [6.07, 6.45) is 9.07. The molecule has 1 heterocycles. The van der Waals surface area contributed by atoms with E-state index in [0.717, 1.165) is 12.8 Å². The van der Waals surface area contributed by atoms with Crippen molar-refractivity contribution in [2.75, 3.05) is 5.73 Å². The van der Waals surface area contributed by atoms with Crippen LogP contribution in [0.3, 0.4) is 0 Å². The summed E-state index contributed by atoms with van der Waals surface area (Å²) in [6, 6.07) is 6.67. The van der Waals surface area contributed by atoms with Crippen LogP contribution in [-0.4, -0.2) is 4.98 Å². The number of aromatic nitrogens is 1. The number of aryl methyl sites for hydroxylation is 1. The van der Waals surface area contributed by atoms with Gasteiger partial charge in [0.15, 0.2) is 0 Å². The third-order valence-electron chi connectivity index (χ3n) is 3.59. The van der Waals surface area contributed by atoms with Crippen molar-refractivity contribution in [3.8, 4) is 0 Å². The standard InChI is InChI=1S/C10H10.C8H14N2S/c1-2-3-9-5-4-8-6-10(9)7-8;1-2-3-4-5-8-10-7(9)6-11-8/h2,4-6H,1,3,7H2;6H,2-5,9H2,1H3. The van der Waals surface area contributed by atoms with Crippen LogP contribution < -0.4 is 5.73 Å². The van der Waals surface area contributed by atoms with Gasteiger partial charge in [-0.2, -0.15) is 0 Å². The highest BCUT2D eigenvalue weighted by molar-refractivity contribution is 7.10. The average Bonchev–Trinajstić information content (AvgIpc) is 2.85. The Hall–Kier alpha value is -1.61. The molecule has 112 valence electrons. The molecule has 0 unspecified atom stereocenters. The number of benzene rings is 1. The van der Waals surface area contributed by atoms with Crippen molar-refractivity contribution in [1.29, 1.82) is 0 Å². The highest BCUT2D eigenvalue weighted by Gasteiger charge is 2.11. The molecule has 0 saturated carbocycles. The SMILES string of the molecule is C=CCc1ccc2cc1C2.CCCCCc1nc(N)cs1. The second-order valence-electron chi connectivity index (χ2n) is 5.40. The summed E-state index contributed by atoms with van der Waals surface area (Å²) >= 11 is 1.66. The zero-order valence-corrected chi connectivity index (χ0v) is 13.6. The highest BCUT2D eigenvalue weighted by Crippen LogP contribution is 2.25. The molecular weight excluding hydrogens is 276 g/mol. The van der Waals surface area contributed by atoms with Crippen LogP contribution in [0.15, 0.2) is 36.2 Å². The summed E-state index contributed by atoms with van der Waals surface area (Å²) in [4.78, 5) is 4.18. The van der Waals surface area contributed by atoms with Gasteiger partial charge in [0.2, 0.25) is 0 Å². The number of rotatable bonds is 6. The molecule has 0 saturated heterocycles. The minimum atomic E-state index is 0.668. The smallest absolute Gasteiger partial charge is 0.134 e. The van der Waals surface area contributed by atoms with Gasteiger partial charge in [0.05, 0.1) is 5.01 Å². The number of allylic oxidation sites excluding steroid dienone is 1. The molecule has 4 rings (SSSR count). The summed E-state index contributed by atoms with van der Waals surface area (Å²) < 4.78 is 0. The first-order valence-electron chi connectivity index (χ1n) is 7.64. The molecule has 0 amide bonds. The Kier molecular flexibility index (Phi) is 6.00. The largest absolute Gasteiger partial charge is 0.383 e. The third kappa shape index (κ3) is 4.71. The fourth-order valence-corrected chi connectivity index (χ4v) is 3.09. The molecular formula is C18H24N2S. The van der Waals surface area contributed by atoms with E-state index in [2.05, 4.69) is 36.7 Å². The Morgan fingerprint density at radius 2 is 2.19 bits per heavy atom. The number of fused-ring (bicyclic) bond motifs is 2. The lowest BCUT2D eigenvalue weighted by atomic mass is 9.87. The summed E-state index contributed by atoms with van der Waals surface area (Å²) in [5.74, 6) is 0.668. The van der Waals surface area contributed by atoms with Gasteiger partial charge in [0.25, 0.3) is 0 Å². The summed E-state index contributed by atoms with van der Waals surface area (Å²) in [5.41, 5.74) is 9.92. The monoisotopic (exact) mass is 300 g/mol. The van der Waals surface area contributed by atoms with E-state index in [4.69, 9.17) is 5.73 Å². The van der Waals surface area contributed by atoms with Gasteiger partial charge in [-0.1, -0.05) is 44.0 Å². The van der Waals surface area contributed by atoms with Crippen LogP contribution in [-0.2, 0) is 19.3 Å². The first-order valence-corrected chi connectivity index (χ1v) is 8.52. The molecule has 0 fully saturated rings. The third-order valence-corrected chi connectivity index (χ3v) is 4.52. The summed E-state index contributed by atoms with van der Waals surface area (Å²) in [6.45, 7) is 5.92. The van der Waals surface area contributed by atoms with Gasteiger partial charge < -0.3 is 5.73 Å². The molecule has 0 aliphatic heterocycles. The quantitative estimate of drug-likeness (QED) is 0.525. The van der Waals surface area contributed by atoms with Crippen molar-refractivity contribution >= 4 is 17.2 Å². The van der Waals surface area contributed by atoms with Crippen LogP contribution in [0.25, 0.3) is 0 Å². The maximum Gasteiger partial charge on any atom is 0.134 e. The molecule has 3 heteroatoms. The zero-order valence-electron chi connectivity index (χ0n) is 12.8. The minimum absolute atomic E-state index is 0.668. The Labute approximate surface area is 131 Å². The number of hydrogen-bond donors (Lipinski definition) is 1. The molecule has 0 radical (unpaired) electrons. The highest BCUT2D eigenvalue weighted by atomic mass is 32.1. The summed E-state index contributed by atoms with van der Waals surface area (Å²) in [7, 11) is 0. The van der Waals surface area contributed by atoms with Gasteiger partial charge in [-0.25, -0.2) is 4.98 Å². The van der Waals surface area contributed by atoms with Gasteiger partial charge in [0, 0.05) is 5.38 Å². The van der Waals surface area contributed by atoms with Crippen LogP contribution in [0, 0.1) is 0 Å². The predicted molar refractivity (Wildman–Crippen MR) is 92.9 cm³/mol. The minimum Gasteiger partial charge on any atom is -0.383 e. The van der Waals surface area contributed by atoms with Gasteiger partial charge in [-0.15, -0.1) is 17.9 Å². The second-order valence-corrected chi connectivity index (χ2v) is 6.34. The van der Waals surface area contributed by atoms with Crippen molar-refractivity contribution in [3.05, 3.63) is 57.9 Å². The number of nitrogens with two attached hydrogens (primary N) is 1. The molecule has 1 aromatic carbocycles. The van der Waals surface area contributed by atoms with Crippen molar-refractivity contribution in [1.82, 2.24) is 4.98 Å². The van der Waals surface area contributed by atoms with Gasteiger partial charge in [-0.3, -0.25) is 0 Å². The van der Waals surface area contributed by atoms with E-state index in [1.807, 2.05) is 11.5 Å².